The number of pyridine rings is 2. The van der Waals surface area contributed by atoms with Crippen molar-refractivity contribution in [1.29, 1.82) is 0 Å². The maximum absolute atomic E-state index is 4.72. The van der Waals surface area contributed by atoms with Gasteiger partial charge < -0.3 is 9.80 Å². The molecule has 4 nitrogen and oxygen atoms in total. The first-order chi connectivity index (χ1) is 25.8. The fraction of sp³-hybridized carbons (Fsp3) is 0.0417. The number of rotatable bonds is 5. The number of fused-ring (bicyclic) bond motifs is 4. The van der Waals surface area contributed by atoms with Crippen LogP contribution in [0.2, 0.25) is 0 Å². The Hall–Kier alpha value is -6.78. The molecule has 2 aliphatic heterocycles. The fourth-order valence-corrected chi connectivity index (χ4v) is 7.90. The van der Waals surface area contributed by atoms with Crippen LogP contribution in [0.4, 0.5) is 34.1 Å². The van der Waals surface area contributed by atoms with Crippen LogP contribution in [0, 0.1) is 0 Å². The third kappa shape index (κ3) is 5.24. The van der Waals surface area contributed by atoms with Gasteiger partial charge in [0.1, 0.15) is 0 Å². The van der Waals surface area contributed by atoms with Gasteiger partial charge in [-0.2, -0.15) is 0 Å². The molecule has 0 amide bonds. The summed E-state index contributed by atoms with van der Waals surface area (Å²) in [6.45, 7) is 0. The molecule has 52 heavy (non-hydrogen) atoms. The average molecular weight is 667 g/mol. The Morgan fingerprint density at radius 1 is 0.308 bits per heavy atom. The van der Waals surface area contributed by atoms with E-state index >= 15 is 0 Å². The van der Waals surface area contributed by atoms with Gasteiger partial charge in [-0.1, -0.05) is 97.1 Å². The number of nitrogens with zero attached hydrogens (tertiary/aromatic N) is 4. The highest BCUT2D eigenvalue weighted by atomic mass is 15.2. The van der Waals surface area contributed by atoms with Crippen molar-refractivity contribution < 1.29 is 0 Å². The smallest absolute Gasteiger partial charge is 0.0497 e. The van der Waals surface area contributed by atoms with Gasteiger partial charge in [0.25, 0.3) is 0 Å². The third-order valence-corrected chi connectivity index (χ3v) is 10.4. The number of anilines is 6. The number of hydrogen-bond acceptors (Lipinski definition) is 4. The second-order valence-corrected chi connectivity index (χ2v) is 13.6. The van der Waals surface area contributed by atoms with E-state index in [4.69, 9.17) is 9.97 Å². The molecule has 6 aromatic carbocycles. The highest BCUT2D eigenvalue weighted by molar-refractivity contribution is 5.87. The van der Waals surface area contributed by atoms with E-state index in [1.807, 2.05) is 24.8 Å². The predicted octanol–water partition coefficient (Wildman–Crippen LogP) is 12.2. The fourth-order valence-electron chi connectivity index (χ4n) is 7.90. The Bertz CT molecular complexity index is 2350. The zero-order valence-corrected chi connectivity index (χ0v) is 28.5. The second kappa shape index (κ2) is 12.5. The summed E-state index contributed by atoms with van der Waals surface area (Å²) >= 11 is 0. The van der Waals surface area contributed by atoms with Crippen LogP contribution in [0.1, 0.15) is 22.3 Å². The molecule has 0 saturated carbocycles. The maximum Gasteiger partial charge on any atom is 0.0497 e. The molecule has 8 aromatic rings. The van der Waals surface area contributed by atoms with Gasteiger partial charge in [0, 0.05) is 94.0 Å². The molecular formula is C48H34N4. The van der Waals surface area contributed by atoms with Crippen LogP contribution in [-0.2, 0) is 12.8 Å². The molecule has 10 rings (SSSR count). The molecule has 0 N–H and O–H groups in total. The summed E-state index contributed by atoms with van der Waals surface area (Å²) in [7, 11) is 0. The Balaban J connectivity index is 0.992. The molecule has 0 bridgehead atoms. The highest BCUT2D eigenvalue weighted by Gasteiger charge is 2.25. The quantitative estimate of drug-likeness (QED) is 0.183. The predicted molar refractivity (Wildman–Crippen MR) is 213 cm³/mol. The minimum absolute atomic E-state index is 0.937. The molecular weight excluding hydrogens is 633 g/mol. The van der Waals surface area contributed by atoms with E-state index < -0.39 is 0 Å². The van der Waals surface area contributed by atoms with Crippen LogP contribution >= 0.6 is 0 Å². The monoisotopic (exact) mass is 666 g/mol. The van der Waals surface area contributed by atoms with Crippen molar-refractivity contribution in [3.8, 4) is 33.4 Å². The van der Waals surface area contributed by atoms with Gasteiger partial charge in [0.2, 0.25) is 0 Å². The lowest BCUT2D eigenvalue weighted by Gasteiger charge is -2.33. The van der Waals surface area contributed by atoms with Crippen molar-refractivity contribution in [1.82, 2.24) is 9.97 Å². The van der Waals surface area contributed by atoms with E-state index in [0.29, 0.717) is 0 Å². The SMILES string of the molecule is c1cc(-c2cncc(-c3cncc(-c4cccc(N5c6ccccc6Cc6ccccc65)c4)c3)c2)cc(N2c3ccccc3Cc3ccccc32)c1. The van der Waals surface area contributed by atoms with Crippen LogP contribution in [0.25, 0.3) is 33.4 Å². The topological polar surface area (TPSA) is 32.3 Å². The zero-order valence-electron chi connectivity index (χ0n) is 28.5. The van der Waals surface area contributed by atoms with E-state index in [-0.39, 0.29) is 0 Å². The minimum Gasteiger partial charge on any atom is -0.310 e. The molecule has 0 fully saturated rings. The van der Waals surface area contributed by atoms with Crippen molar-refractivity contribution in [2.24, 2.45) is 0 Å². The van der Waals surface area contributed by atoms with Crippen LogP contribution < -0.4 is 9.80 Å². The van der Waals surface area contributed by atoms with Gasteiger partial charge in [-0.3, -0.25) is 9.97 Å². The summed E-state index contributed by atoms with van der Waals surface area (Å²) in [5, 5.41) is 0. The Morgan fingerprint density at radius 2 is 0.635 bits per heavy atom. The van der Waals surface area contributed by atoms with Gasteiger partial charge >= 0.3 is 0 Å². The number of aromatic nitrogens is 2. The Labute approximate surface area is 304 Å². The molecule has 0 aliphatic carbocycles. The first-order valence-electron chi connectivity index (χ1n) is 17.8. The number of para-hydroxylation sites is 4. The van der Waals surface area contributed by atoms with Crippen molar-refractivity contribution in [2.75, 3.05) is 9.80 Å². The lowest BCUT2D eigenvalue weighted by molar-refractivity contribution is 1.09. The van der Waals surface area contributed by atoms with Crippen LogP contribution in [0.5, 0.6) is 0 Å². The Morgan fingerprint density at radius 3 is 1.00 bits per heavy atom. The lowest BCUT2D eigenvalue weighted by Crippen LogP contribution is -2.18. The normalized spacial score (nSPS) is 12.8. The van der Waals surface area contributed by atoms with Gasteiger partial charge in [0.05, 0.1) is 0 Å². The second-order valence-electron chi connectivity index (χ2n) is 13.6. The van der Waals surface area contributed by atoms with Gasteiger partial charge in [-0.15, -0.1) is 0 Å². The molecule has 2 aliphatic rings. The summed E-state index contributed by atoms with van der Waals surface area (Å²) in [5.74, 6) is 0. The van der Waals surface area contributed by atoms with E-state index in [9.17, 15) is 0 Å². The Kier molecular flexibility index (Phi) is 7.24. The third-order valence-electron chi connectivity index (χ3n) is 10.4. The van der Waals surface area contributed by atoms with Crippen molar-refractivity contribution in [2.45, 2.75) is 12.8 Å². The summed E-state index contributed by atoms with van der Waals surface area (Å²) in [4.78, 5) is 14.2. The summed E-state index contributed by atoms with van der Waals surface area (Å²) in [6.07, 6.45) is 9.65. The van der Waals surface area contributed by atoms with E-state index in [2.05, 4.69) is 168 Å². The molecule has 4 heterocycles. The molecule has 0 unspecified atom stereocenters. The molecule has 4 heteroatoms. The standard InChI is InChI=1S/C48H34N4/c1-5-19-45-35(11-1)23-36-12-2-6-20-46(36)51(45)43-17-9-15-33(27-43)39-25-41(31-49-29-39)42-26-40(30-50-32-42)34-16-10-18-44(28-34)52-47-21-7-3-13-37(47)24-38-14-4-8-22-48(38)52/h1-22,25-32H,23-24H2. The van der Waals surface area contributed by atoms with Crippen LogP contribution in [0.3, 0.4) is 0 Å². The molecule has 2 aromatic heterocycles. The van der Waals surface area contributed by atoms with Gasteiger partial charge in [-0.05, 0) is 94.0 Å². The van der Waals surface area contributed by atoms with E-state index in [0.717, 1.165) is 57.6 Å². The minimum atomic E-state index is 0.937. The lowest BCUT2D eigenvalue weighted by atomic mass is 9.94. The van der Waals surface area contributed by atoms with Gasteiger partial charge in [0.15, 0.2) is 0 Å². The van der Waals surface area contributed by atoms with Crippen LogP contribution in [0.15, 0.2) is 183 Å². The largest absolute Gasteiger partial charge is 0.310 e. The summed E-state index contributed by atoms with van der Waals surface area (Å²) in [6, 6.07) is 56.9. The first-order valence-corrected chi connectivity index (χ1v) is 17.8. The van der Waals surface area contributed by atoms with Crippen molar-refractivity contribution in [3.05, 3.63) is 205 Å². The van der Waals surface area contributed by atoms with Crippen molar-refractivity contribution >= 4 is 34.1 Å². The number of benzene rings is 6. The van der Waals surface area contributed by atoms with E-state index in [1.54, 1.807) is 0 Å². The number of hydrogen-bond donors (Lipinski definition) is 0. The van der Waals surface area contributed by atoms with Gasteiger partial charge in [-0.25, -0.2) is 0 Å². The summed E-state index contributed by atoms with van der Waals surface area (Å²) < 4.78 is 0. The van der Waals surface area contributed by atoms with Crippen LogP contribution in [-0.4, -0.2) is 9.97 Å². The zero-order chi connectivity index (χ0) is 34.4. The highest BCUT2D eigenvalue weighted by Crippen LogP contribution is 2.46. The molecule has 0 spiro atoms. The average Bonchev–Trinajstić information content (AvgIpc) is 3.22. The molecule has 0 atom stereocenters. The maximum atomic E-state index is 4.72. The first kappa shape index (κ1) is 30.1. The van der Waals surface area contributed by atoms with Crippen molar-refractivity contribution in [3.63, 3.8) is 0 Å². The van der Waals surface area contributed by atoms with E-state index in [1.165, 1.54) is 45.0 Å². The summed E-state index contributed by atoms with van der Waals surface area (Å²) in [5.41, 5.74) is 18.9. The molecule has 246 valence electrons. The molecule has 0 saturated heterocycles. The molecule has 0 radical (unpaired) electrons.